The molecule has 1 N–H and O–H groups in total. The zero-order chi connectivity index (χ0) is 51.3. The molecule has 2 unspecified atom stereocenters. The third-order valence-electron chi connectivity index (χ3n) is 14.1. The highest BCUT2D eigenvalue weighted by atomic mass is 16.7. The summed E-state index contributed by atoms with van der Waals surface area (Å²) in [7, 11) is 5.99. The van der Waals surface area contributed by atoms with Gasteiger partial charge in [-0.3, -0.25) is 9.59 Å². The highest BCUT2D eigenvalue weighted by Gasteiger charge is 2.25. The molecule has 0 aliphatic heterocycles. The molecule has 0 fully saturated rings. The van der Waals surface area contributed by atoms with E-state index in [1.165, 1.54) is 250 Å². The second-order valence-electron chi connectivity index (χ2n) is 22.4. The van der Waals surface area contributed by atoms with Crippen molar-refractivity contribution in [2.24, 2.45) is 0 Å². The van der Waals surface area contributed by atoms with Crippen molar-refractivity contribution in [2.45, 2.75) is 328 Å². The Kier molecular flexibility index (Phi) is 52.3. The predicted molar refractivity (Wildman–Crippen MR) is 295 cm³/mol. The molecule has 0 aromatic heterocycles. The van der Waals surface area contributed by atoms with Crippen molar-refractivity contribution in [2.75, 3.05) is 47.5 Å². The van der Waals surface area contributed by atoms with Crippen LogP contribution in [0.3, 0.4) is 0 Å². The SMILES string of the molecule is CCCCCCCCCCCCCCCCCCCCCCCCCCCC(=O)OC(COC(=O)CCCCCCCCCCCCCCCCCCCCCC)COC(OCC[N+](C)(C)C)C(=O)O. The average molecular weight is 996 g/mol. The molecule has 0 bridgehead atoms. The van der Waals surface area contributed by atoms with Crippen molar-refractivity contribution in [3.8, 4) is 0 Å². The standard InChI is InChI=1S/C61H119NO8/c1-6-8-10-12-14-16-18-20-22-24-26-28-29-30-31-32-34-36-38-40-42-44-46-48-50-52-59(64)70-57(56-69-61(60(65)66)67-54-53-62(3,4)5)55-68-58(63)51-49-47-45-43-41-39-37-35-33-27-25-23-21-19-17-15-13-11-9-7-2/h57,61H,6-56H2,1-5H3/p+1. The van der Waals surface area contributed by atoms with Crippen molar-refractivity contribution in [3.63, 3.8) is 0 Å². The lowest BCUT2D eigenvalue weighted by Crippen LogP contribution is -2.40. The van der Waals surface area contributed by atoms with E-state index in [-0.39, 0.29) is 38.2 Å². The van der Waals surface area contributed by atoms with Gasteiger partial charge in [-0.05, 0) is 12.8 Å². The minimum atomic E-state index is -1.50. The number of carboxylic acids is 1. The number of likely N-dealkylation sites (N-methyl/N-ethyl adjacent to an activating group) is 1. The van der Waals surface area contributed by atoms with Crippen LogP contribution in [0.15, 0.2) is 0 Å². The Bertz CT molecular complexity index is 1110. The van der Waals surface area contributed by atoms with E-state index in [0.29, 0.717) is 17.4 Å². The molecule has 0 saturated heterocycles. The van der Waals surface area contributed by atoms with Gasteiger partial charge >= 0.3 is 17.9 Å². The van der Waals surface area contributed by atoms with Crippen LogP contribution in [0.4, 0.5) is 0 Å². The fourth-order valence-electron chi connectivity index (χ4n) is 9.37. The molecule has 0 amide bonds. The molecule has 0 aliphatic carbocycles. The lowest BCUT2D eigenvalue weighted by molar-refractivity contribution is -0.870. The molecule has 9 heteroatoms. The summed E-state index contributed by atoms with van der Waals surface area (Å²) >= 11 is 0. The summed E-state index contributed by atoms with van der Waals surface area (Å²) in [5, 5.41) is 9.71. The van der Waals surface area contributed by atoms with Crippen molar-refractivity contribution < 1.29 is 42.9 Å². The van der Waals surface area contributed by atoms with E-state index in [4.69, 9.17) is 18.9 Å². The molecule has 0 aromatic rings. The fourth-order valence-corrected chi connectivity index (χ4v) is 9.37. The van der Waals surface area contributed by atoms with Crippen LogP contribution in [0, 0.1) is 0 Å². The first-order valence-electron chi connectivity index (χ1n) is 30.7. The van der Waals surface area contributed by atoms with Gasteiger partial charge in [0.25, 0.3) is 6.29 Å². The number of nitrogens with zero attached hydrogens (tertiary/aromatic N) is 1. The summed E-state index contributed by atoms with van der Waals surface area (Å²) in [6, 6.07) is 0. The minimum Gasteiger partial charge on any atom is -0.477 e. The Morgan fingerprint density at radius 1 is 0.371 bits per heavy atom. The number of carboxylic acid groups (broad SMARTS) is 1. The quantitative estimate of drug-likeness (QED) is 0.0278. The Morgan fingerprint density at radius 2 is 0.643 bits per heavy atom. The van der Waals surface area contributed by atoms with Crippen LogP contribution in [0.25, 0.3) is 0 Å². The molecular formula is C61H120NO8+. The zero-order valence-electron chi connectivity index (χ0n) is 47.5. The summed E-state index contributed by atoms with van der Waals surface area (Å²) < 4.78 is 22.9. The molecule has 2 atom stereocenters. The molecule has 0 spiro atoms. The molecule has 0 aromatic carbocycles. The molecule has 416 valence electrons. The molecule has 0 heterocycles. The van der Waals surface area contributed by atoms with E-state index in [0.717, 1.165) is 38.5 Å². The Balaban J connectivity index is 4.14. The highest BCUT2D eigenvalue weighted by Crippen LogP contribution is 2.18. The largest absolute Gasteiger partial charge is 0.477 e. The second kappa shape index (κ2) is 53.6. The van der Waals surface area contributed by atoms with E-state index < -0.39 is 18.4 Å². The van der Waals surface area contributed by atoms with Gasteiger partial charge in [-0.1, -0.05) is 290 Å². The van der Waals surface area contributed by atoms with Crippen molar-refractivity contribution in [3.05, 3.63) is 0 Å². The number of ether oxygens (including phenoxy) is 4. The smallest absolute Gasteiger partial charge is 0.361 e. The van der Waals surface area contributed by atoms with Crippen molar-refractivity contribution in [1.29, 1.82) is 0 Å². The predicted octanol–water partition coefficient (Wildman–Crippen LogP) is 18.0. The van der Waals surface area contributed by atoms with Crippen molar-refractivity contribution >= 4 is 17.9 Å². The maximum absolute atomic E-state index is 12.9. The van der Waals surface area contributed by atoms with Gasteiger partial charge in [0, 0.05) is 12.8 Å². The third-order valence-corrected chi connectivity index (χ3v) is 14.1. The molecule has 9 nitrogen and oxygen atoms in total. The van der Waals surface area contributed by atoms with Crippen LogP contribution in [0.2, 0.25) is 0 Å². The van der Waals surface area contributed by atoms with Crippen LogP contribution in [-0.4, -0.2) is 87.4 Å². The normalized spacial score (nSPS) is 12.6. The number of quaternary nitrogens is 1. The summed E-state index contributed by atoms with van der Waals surface area (Å²) in [6.45, 7) is 4.96. The molecule has 0 aliphatic rings. The first-order chi connectivity index (χ1) is 34.1. The molecule has 0 rings (SSSR count). The second-order valence-corrected chi connectivity index (χ2v) is 22.4. The number of aliphatic carboxylic acids is 1. The summed E-state index contributed by atoms with van der Waals surface area (Å²) in [5.74, 6) is -1.97. The van der Waals surface area contributed by atoms with E-state index in [9.17, 15) is 19.5 Å². The molecule has 70 heavy (non-hydrogen) atoms. The van der Waals surface area contributed by atoms with Crippen LogP contribution < -0.4 is 0 Å². The third kappa shape index (κ3) is 54.1. The van der Waals surface area contributed by atoms with Crippen molar-refractivity contribution in [1.82, 2.24) is 0 Å². The van der Waals surface area contributed by atoms with Crippen LogP contribution >= 0.6 is 0 Å². The van der Waals surface area contributed by atoms with Crippen LogP contribution in [0.5, 0.6) is 0 Å². The van der Waals surface area contributed by atoms with Gasteiger partial charge in [-0.2, -0.15) is 0 Å². The van der Waals surface area contributed by atoms with Gasteiger partial charge in [0.2, 0.25) is 0 Å². The van der Waals surface area contributed by atoms with Gasteiger partial charge < -0.3 is 28.5 Å². The van der Waals surface area contributed by atoms with E-state index in [1.807, 2.05) is 21.1 Å². The number of hydrogen-bond acceptors (Lipinski definition) is 7. The van der Waals surface area contributed by atoms with Gasteiger partial charge in [-0.25, -0.2) is 4.79 Å². The molecule has 0 saturated carbocycles. The monoisotopic (exact) mass is 995 g/mol. The highest BCUT2D eigenvalue weighted by molar-refractivity contribution is 5.71. The Labute approximate surface area is 434 Å². The number of carbonyl (C=O) groups is 3. The fraction of sp³-hybridized carbons (Fsp3) is 0.951. The zero-order valence-corrected chi connectivity index (χ0v) is 47.5. The lowest BCUT2D eigenvalue weighted by Gasteiger charge is -2.25. The van der Waals surface area contributed by atoms with E-state index in [2.05, 4.69) is 13.8 Å². The molecular weight excluding hydrogens is 875 g/mol. The van der Waals surface area contributed by atoms with Gasteiger partial charge in [-0.15, -0.1) is 0 Å². The first-order valence-corrected chi connectivity index (χ1v) is 30.7. The maximum Gasteiger partial charge on any atom is 0.361 e. The topological polar surface area (TPSA) is 108 Å². The van der Waals surface area contributed by atoms with Gasteiger partial charge in [0.1, 0.15) is 13.2 Å². The van der Waals surface area contributed by atoms with Crippen LogP contribution in [0.1, 0.15) is 316 Å². The number of carbonyl (C=O) groups excluding carboxylic acids is 2. The minimum absolute atomic E-state index is 0.172. The number of rotatable bonds is 58. The molecule has 0 radical (unpaired) electrons. The first kappa shape index (κ1) is 68.3. The van der Waals surface area contributed by atoms with Gasteiger partial charge in [0.15, 0.2) is 6.10 Å². The average Bonchev–Trinajstić information content (AvgIpc) is 3.33. The number of hydrogen-bond donors (Lipinski definition) is 1. The maximum atomic E-state index is 12.9. The number of esters is 2. The lowest BCUT2D eigenvalue weighted by atomic mass is 10.0. The summed E-state index contributed by atoms with van der Waals surface area (Å²) in [5.41, 5.74) is 0. The van der Waals surface area contributed by atoms with E-state index in [1.54, 1.807) is 0 Å². The van der Waals surface area contributed by atoms with Crippen LogP contribution in [-0.2, 0) is 33.3 Å². The van der Waals surface area contributed by atoms with E-state index >= 15 is 0 Å². The van der Waals surface area contributed by atoms with Gasteiger partial charge in [0.05, 0.1) is 34.4 Å². The summed E-state index contributed by atoms with van der Waals surface area (Å²) in [6.07, 6.45) is 57.6. The summed E-state index contributed by atoms with van der Waals surface area (Å²) in [4.78, 5) is 37.5. The Hall–Kier alpha value is -1.71. The Morgan fingerprint density at radius 3 is 0.914 bits per heavy atom. The number of unbranched alkanes of at least 4 members (excludes halogenated alkanes) is 43.